The quantitative estimate of drug-likeness (QED) is 0.754. The van der Waals surface area contributed by atoms with Gasteiger partial charge in [0.2, 0.25) is 0 Å². The summed E-state index contributed by atoms with van der Waals surface area (Å²) >= 11 is 1.96. The fraction of sp³-hybridized carbons (Fsp3) is 1.00. The monoisotopic (exact) mass is 216 g/mol. The molecular weight excluding hydrogens is 192 g/mol. The minimum Gasteiger partial charge on any atom is -0.314 e. The Morgan fingerprint density at radius 2 is 2.07 bits per heavy atom. The van der Waals surface area contributed by atoms with E-state index in [1.54, 1.807) is 0 Å². The summed E-state index contributed by atoms with van der Waals surface area (Å²) in [5.74, 6) is 1.27. The molecule has 0 amide bonds. The second kappa shape index (κ2) is 6.70. The average molecular weight is 216 g/mol. The summed E-state index contributed by atoms with van der Waals surface area (Å²) < 4.78 is 0. The Morgan fingerprint density at radius 1 is 1.43 bits per heavy atom. The van der Waals surface area contributed by atoms with Crippen LogP contribution in [0.2, 0.25) is 0 Å². The molecule has 1 atom stereocenters. The van der Waals surface area contributed by atoms with Gasteiger partial charge < -0.3 is 5.32 Å². The Bertz CT molecular complexity index is 144. The summed E-state index contributed by atoms with van der Waals surface area (Å²) in [5, 5.41) is 3.54. The summed E-state index contributed by atoms with van der Waals surface area (Å²) in [6, 6.07) is 1.53. The van der Waals surface area contributed by atoms with Crippen molar-refractivity contribution in [3.05, 3.63) is 0 Å². The molecule has 0 aliphatic carbocycles. The van der Waals surface area contributed by atoms with Crippen molar-refractivity contribution in [2.75, 3.05) is 31.6 Å². The van der Waals surface area contributed by atoms with Crippen LogP contribution in [0, 0.1) is 0 Å². The van der Waals surface area contributed by atoms with Crippen molar-refractivity contribution < 1.29 is 0 Å². The van der Waals surface area contributed by atoms with E-state index >= 15 is 0 Å². The van der Waals surface area contributed by atoms with Crippen molar-refractivity contribution in [1.29, 1.82) is 0 Å². The molecule has 0 saturated carbocycles. The largest absolute Gasteiger partial charge is 0.314 e. The van der Waals surface area contributed by atoms with Gasteiger partial charge in [-0.1, -0.05) is 6.92 Å². The third-order valence-electron chi connectivity index (χ3n) is 3.05. The zero-order chi connectivity index (χ0) is 10.4. The SMILES string of the molecule is CCNC1CCN(C(C)CSC)CC1. The first-order chi connectivity index (χ1) is 6.77. The highest BCUT2D eigenvalue weighted by molar-refractivity contribution is 7.98. The summed E-state index contributed by atoms with van der Waals surface area (Å²) in [5.41, 5.74) is 0. The minimum absolute atomic E-state index is 0.757. The van der Waals surface area contributed by atoms with Gasteiger partial charge in [0.25, 0.3) is 0 Å². The van der Waals surface area contributed by atoms with Crippen LogP contribution in [-0.4, -0.2) is 48.6 Å². The van der Waals surface area contributed by atoms with Crippen LogP contribution in [0.3, 0.4) is 0 Å². The van der Waals surface area contributed by atoms with Crippen molar-refractivity contribution >= 4 is 11.8 Å². The van der Waals surface area contributed by atoms with E-state index in [9.17, 15) is 0 Å². The number of thioether (sulfide) groups is 1. The fourth-order valence-electron chi connectivity index (χ4n) is 2.18. The van der Waals surface area contributed by atoms with E-state index in [1.165, 1.54) is 31.7 Å². The van der Waals surface area contributed by atoms with Gasteiger partial charge in [0, 0.05) is 17.8 Å². The first-order valence-electron chi connectivity index (χ1n) is 5.74. The molecule has 1 rings (SSSR count). The van der Waals surface area contributed by atoms with Gasteiger partial charge in [-0.3, -0.25) is 4.90 Å². The average Bonchev–Trinajstić information content (AvgIpc) is 2.20. The number of hydrogen-bond donors (Lipinski definition) is 1. The topological polar surface area (TPSA) is 15.3 Å². The van der Waals surface area contributed by atoms with Gasteiger partial charge in [-0.25, -0.2) is 0 Å². The summed E-state index contributed by atoms with van der Waals surface area (Å²) in [4.78, 5) is 2.63. The number of piperidine rings is 1. The third-order valence-corrected chi connectivity index (χ3v) is 3.87. The number of likely N-dealkylation sites (tertiary alicyclic amines) is 1. The second-order valence-electron chi connectivity index (χ2n) is 4.17. The van der Waals surface area contributed by atoms with Gasteiger partial charge in [-0.15, -0.1) is 0 Å². The highest BCUT2D eigenvalue weighted by Crippen LogP contribution is 2.14. The van der Waals surface area contributed by atoms with E-state index in [4.69, 9.17) is 0 Å². The third kappa shape index (κ3) is 3.79. The molecule has 1 unspecified atom stereocenters. The molecule has 14 heavy (non-hydrogen) atoms. The molecule has 0 spiro atoms. The lowest BCUT2D eigenvalue weighted by Gasteiger charge is -2.36. The lowest BCUT2D eigenvalue weighted by molar-refractivity contribution is 0.164. The molecule has 0 aromatic heterocycles. The van der Waals surface area contributed by atoms with Gasteiger partial charge in [-0.05, 0) is 45.7 Å². The summed E-state index contributed by atoms with van der Waals surface area (Å²) in [6.07, 6.45) is 4.85. The highest BCUT2D eigenvalue weighted by atomic mass is 32.2. The predicted octanol–water partition coefficient (Wildman–Crippen LogP) is 1.81. The number of rotatable bonds is 5. The molecule has 0 aromatic rings. The maximum Gasteiger partial charge on any atom is 0.0157 e. The molecule has 1 N–H and O–H groups in total. The molecule has 1 heterocycles. The van der Waals surface area contributed by atoms with Gasteiger partial charge in [0.1, 0.15) is 0 Å². The number of hydrogen-bond acceptors (Lipinski definition) is 3. The molecule has 3 heteroatoms. The molecule has 0 bridgehead atoms. The summed E-state index contributed by atoms with van der Waals surface area (Å²) in [6.45, 7) is 8.22. The highest BCUT2D eigenvalue weighted by Gasteiger charge is 2.21. The molecule has 1 fully saturated rings. The van der Waals surface area contributed by atoms with Crippen LogP contribution in [0.15, 0.2) is 0 Å². The number of nitrogens with one attached hydrogen (secondary N) is 1. The van der Waals surface area contributed by atoms with Gasteiger partial charge >= 0.3 is 0 Å². The van der Waals surface area contributed by atoms with Crippen LogP contribution in [0.1, 0.15) is 26.7 Å². The van der Waals surface area contributed by atoms with E-state index in [-0.39, 0.29) is 0 Å². The molecular formula is C11H24N2S. The molecule has 1 saturated heterocycles. The van der Waals surface area contributed by atoms with Crippen molar-refractivity contribution in [1.82, 2.24) is 10.2 Å². The van der Waals surface area contributed by atoms with E-state index < -0.39 is 0 Å². The Labute approximate surface area is 92.8 Å². The van der Waals surface area contributed by atoms with Crippen LogP contribution in [0.4, 0.5) is 0 Å². The first kappa shape index (κ1) is 12.3. The van der Waals surface area contributed by atoms with Crippen LogP contribution < -0.4 is 5.32 Å². The zero-order valence-corrected chi connectivity index (χ0v) is 10.6. The molecule has 1 aliphatic rings. The Morgan fingerprint density at radius 3 is 2.57 bits per heavy atom. The Hall–Kier alpha value is 0.270. The standard InChI is InChI=1S/C11H24N2S/c1-4-12-11-5-7-13(8-6-11)10(2)9-14-3/h10-12H,4-9H2,1-3H3. The lowest BCUT2D eigenvalue weighted by atomic mass is 10.0. The van der Waals surface area contributed by atoms with Gasteiger partial charge in [0.15, 0.2) is 0 Å². The van der Waals surface area contributed by atoms with Crippen LogP contribution in [0.25, 0.3) is 0 Å². The van der Waals surface area contributed by atoms with E-state index in [2.05, 4.69) is 30.3 Å². The fourth-order valence-corrected chi connectivity index (χ4v) is 2.87. The number of nitrogens with zero attached hydrogens (tertiary/aromatic N) is 1. The summed E-state index contributed by atoms with van der Waals surface area (Å²) in [7, 11) is 0. The maximum atomic E-state index is 3.54. The molecule has 1 aliphatic heterocycles. The maximum absolute atomic E-state index is 3.54. The molecule has 84 valence electrons. The second-order valence-corrected chi connectivity index (χ2v) is 5.08. The van der Waals surface area contributed by atoms with Gasteiger partial charge in [0.05, 0.1) is 0 Å². The van der Waals surface area contributed by atoms with Crippen LogP contribution >= 0.6 is 11.8 Å². The molecule has 0 radical (unpaired) electrons. The normalized spacial score (nSPS) is 22.5. The van der Waals surface area contributed by atoms with Crippen LogP contribution in [-0.2, 0) is 0 Å². The van der Waals surface area contributed by atoms with E-state index in [0.29, 0.717) is 0 Å². The lowest BCUT2D eigenvalue weighted by Crippen LogP contribution is -2.46. The van der Waals surface area contributed by atoms with Gasteiger partial charge in [-0.2, -0.15) is 11.8 Å². The predicted molar refractivity (Wildman–Crippen MR) is 66.1 cm³/mol. The minimum atomic E-state index is 0.757. The van der Waals surface area contributed by atoms with Crippen molar-refractivity contribution in [2.24, 2.45) is 0 Å². The Kier molecular flexibility index (Phi) is 5.90. The van der Waals surface area contributed by atoms with Crippen LogP contribution in [0.5, 0.6) is 0 Å². The molecule has 0 aromatic carbocycles. The van der Waals surface area contributed by atoms with Crippen molar-refractivity contribution in [3.8, 4) is 0 Å². The smallest absolute Gasteiger partial charge is 0.0157 e. The van der Waals surface area contributed by atoms with E-state index in [1.807, 2.05) is 11.8 Å². The van der Waals surface area contributed by atoms with Crippen molar-refractivity contribution in [3.63, 3.8) is 0 Å². The first-order valence-corrected chi connectivity index (χ1v) is 7.13. The van der Waals surface area contributed by atoms with E-state index in [0.717, 1.165) is 18.6 Å². The van der Waals surface area contributed by atoms with Crippen molar-refractivity contribution in [2.45, 2.75) is 38.8 Å². The zero-order valence-electron chi connectivity index (χ0n) is 9.75. The Balaban J connectivity index is 2.21. The molecule has 2 nitrogen and oxygen atoms in total.